The Balaban J connectivity index is 0.000000500. The van der Waals surface area contributed by atoms with E-state index >= 15 is 0 Å². The molecule has 1 aliphatic heterocycles. The zero-order valence-electron chi connectivity index (χ0n) is 6.52. The summed E-state index contributed by atoms with van der Waals surface area (Å²) in [5, 5.41) is 3.56. The predicted molar refractivity (Wildman–Crippen MR) is 45.6 cm³/mol. The summed E-state index contributed by atoms with van der Waals surface area (Å²) in [6, 6.07) is 0.878. The Morgan fingerprint density at radius 3 is 2.90 bits per heavy atom. The third-order valence-electron chi connectivity index (χ3n) is 2.89. The van der Waals surface area contributed by atoms with Crippen LogP contribution in [-0.2, 0) is 0 Å². The maximum absolute atomic E-state index is 3.56. The lowest BCUT2D eigenvalue weighted by atomic mass is 9.78. The van der Waals surface area contributed by atoms with Crippen molar-refractivity contribution in [3.63, 3.8) is 0 Å². The quantitative estimate of drug-likeness (QED) is 0.573. The van der Waals surface area contributed by atoms with E-state index in [1.165, 1.54) is 32.2 Å². The minimum absolute atomic E-state index is 0. The molecule has 2 heteroatoms. The molecule has 1 nitrogen and oxygen atoms in total. The molecule has 2 atom stereocenters. The average Bonchev–Trinajstić information content (AvgIpc) is 2.07. The molecule has 0 amide bonds. The molecule has 1 saturated heterocycles. The van der Waals surface area contributed by atoms with Crippen LogP contribution in [0.15, 0.2) is 0 Å². The first-order chi connectivity index (χ1) is 4.29. The molecule has 0 spiro atoms. The normalized spacial score (nSPS) is 44.7. The molecule has 0 aromatic rings. The minimum atomic E-state index is 0. The fraction of sp³-hybridized carbons (Fsp3) is 1.00. The zero-order valence-corrected chi connectivity index (χ0v) is 7.34. The van der Waals surface area contributed by atoms with Crippen LogP contribution in [0.1, 0.15) is 32.6 Å². The van der Waals surface area contributed by atoms with Gasteiger partial charge in [-0.05, 0) is 24.7 Å². The van der Waals surface area contributed by atoms with Crippen LogP contribution in [0.5, 0.6) is 0 Å². The first-order valence-electron chi connectivity index (χ1n) is 4.02. The first kappa shape index (κ1) is 8.35. The van der Waals surface area contributed by atoms with Gasteiger partial charge >= 0.3 is 0 Å². The van der Waals surface area contributed by atoms with E-state index in [1.807, 2.05) is 0 Å². The molecule has 2 unspecified atom stereocenters. The van der Waals surface area contributed by atoms with Crippen LogP contribution in [-0.4, -0.2) is 12.6 Å². The van der Waals surface area contributed by atoms with Crippen molar-refractivity contribution < 1.29 is 0 Å². The maximum Gasteiger partial charge on any atom is 0.00729 e. The summed E-state index contributed by atoms with van der Waals surface area (Å²) in [5.41, 5.74) is 0.683. The molecular weight excluding hydrogens is 146 g/mol. The van der Waals surface area contributed by atoms with Gasteiger partial charge in [0.25, 0.3) is 0 Å². The highest BCUT2D eigenvalue weighted by molar-refractivity contribution is 5.85. The topological polar surface area (TPSA) is 12.0 Å². The van der Waals surface area contributed by atoms with Crippen LogP contribution < -0.4 is 5.32 Å². The van der Waals surface area contributed by atoms with Crippen molar-refractivity contribution in [1.82, 2.24) is 5.32 Å². The lowest BCUT2D eigenvalue weighted by Crippen LogP contribution is -2.21. The SMILES string of the molecule is CC12CCCC(C1)NC2.Cl. The van der Waals surface area contributed by atoms with Crippen LogP contribution in [0.4, 0.5) is 0 Å². The number of fused-ring (bicyclic) bond motifs is 2. The summed E-state index contributed by atoms with van der Waals surface area (Å²) in [6.45, 7) is 3.69. The Morgan fingerprint density at radius 1 is 1.50 bits per heavy atom. The Bertz CT molecular complexity index is 122. The molecule has 2 fully saturated rings. The molecule has 2 rings (SSSR count). The molecule has 1 aliphatic carbocycles. The van der Waals surface area contributed by atoms with Crippen molar-refractivity contribution in [3.8, 4) is 0 Å². The lowest BCUT2D eigenvalue weighted by Gasteiger charge is -2.26. The third kappa shape index (κ3) is 1.30. The smallest absolute Gasteiger partial charge is 0.00729 e. The molecular formula is C8H16ClN. The van der Waals surface area contributed by atoms with Crippen LogP contribution in [0.3, 0.4) is 0 Å². The van der Waals surface area contributed by atoms with Crippen molar-refractivity contribution in [3.05, 3.63) is 0 Å². The molecule has 0 aromatic carbocycles. The summed E-state index contributed by atoms with van der Waals surface area (Å²) in [5.74, 6) is 0. The molecule has 1 saturated carbocycles. The van der Waals surface area contributed by atoms with E-state index < -0.39 is 0 Å². The molecule has 60 valence electrons. The summed E-state index contributed by atoms with van der Waals surface area (Å²) in [6.07, 6.45) is 5.77. The number of hydrogen-bond acceptors (Lipinski definition) is 1. The van der Waals surface area contributed by atoms with Gasteiger partial charge in [0.15, 0.2) is 0 Å². The first-order valence-corrected chi connectivity index (χ1v) is 4.02. The zero-order chi connectivity index (χ0) is 6.32. The van der Waals surface area contributed by atoms with Crippen LogP contribution in [0.2, 0.25) is 0 Å². The lowest BCUT2D eigenvalue weighted by molar-refractivity contribution is 0.276. The maximum atomic E-state index is 3.56. The molecule has 2 bridgehead atoms. The van der Waals surface area contributed by atoms with Gasteiger partial charge in [0.2, 0.25) is 0 Å². The Morgan fingerprint density at radius 2 is 2.30 bits per heavy atom. The van der Waals surface area contributed by atoms with Crippen molar-refractivity contribution in [2.75, 3.05) is 6.54 Å². The highest BCUT2D eigenvalue weighted by atomic mass is 35.5. The highest BCUT2D eigenvalue weighted by Crippen LogP contribution is 2.39. The standard InChI is InChI=1S/C8H15N.ClH/c1-8-4-2-3-7(5-8)9-6-8;/h7,9H,2-6H2,1H3;1H. The predicted octanol–water partition coefficient (Wildman–Crippen LogP) is 1.96. The van der Waals surface area contributed by atoms with Crippen LogP contribution in [0, 0.1) is 5.41 Å². The number of halogens is 1. The third-order valence-corrected chi connectivity index (χ3v) is 2.89. The molecule has 1 heterocycles. The second-order valence-electron chi connectivity index (χ2n) is 3.98. The van der Waals surface area contributed by atoms with Gasteiger partial charge in [-0.15, -0.1) is 12.4 Å². The average molecular weight is 162 g/mol. The second kappa shape index (κ2) is 2.71. The van der Waals surface area contributed by atoms with Crippen molar-refractivity contribution in [2.45, 2.75) is 38.6 Å². The molecule has 10 heavy (non-hydrogen) atoms. The fourth-order valence-electron chi connectivity index (χ4n) is 2.30. The Kier molecular flexibility index (Phi) is 2.26. The summed E-state index contributed by atoms with van der Waals surface area (Å²) < 4.78 is 0. The van der Waals surface area contributed by atoms with E-state index in [2.05, 4.69) is 12.2 Å². The monoisotopic (exact) mass is 161 g/mol. The summed E-state index contributed by atoms with van der Waals surface area (Å²) in [7, 11) is 0. The van der Waals surface area contributed by atoms with Gasteiger partial charge in [-0.1, -0.05) is 13.3 Å². The highest BCUT2D eigenvalue weighted by Gasteiger charge is 2.37. The van der Waals surface area contributed by atoms with Gasteiger partial charge in [0.05, 0.1) is 0 Å². The van der Waals surface area contributed by atoms with Gasteiger partial charge in [0, 0.05) is 12.6 Å². The van der Waals surface area contributed by atoms with E-state index in [-0.39, 0.29) is 12.4 Å². The number of nitrogens with one attached hydrogen (secondary N) is 1. The van der Waals surface area contributed by atoms with Crippen LogP contribution in [0.25, 0.3) is 0 Å². The van der Waals surface area contributed by atoms with Crippen molar-refractivity contribution in [2.24, 2.45) is 5.41 Å². The Hall–Kier alpha value is 0.250. The fourth-order valence-corrected chi connectivity index (χ4v) is 2.30. The summed E-state index contributed by atoms with van der Waals surface area (Å²) >= 11 is 0. The van der Waals surface area contributed by atoms with E-state index in [1.54, 1.807) is 0 Å². The van der Waals surface area contributed by atoms with E-state index in [0.29, 0.717) is 5.41 Å². The van der Waals surface area contributed by atoms with Crippen LogP contribution >= 0.6 is 12.4 Å². The van der Waals surface area contributed by atoms with Gasteiger partial charge in [-0.3, -0.25) is 0 Å². The van der Waals surface area contributed by atoms with Crippen molar-refractivity contribution in [1.29, 1.82) is 0 Å². The second-order valence-corrected chi connectivity index (χ2v) is 3.98. The van der Waals surface area contributed by atoms with Crippen molar-refractivity contribution >= 4 is 12.4 Å². The molecule has 2 aliphatic rings. The molecule has 0 radical (unpaired) electrons. The largest absolute Gasteiger partial charge is 0.313 e. The summed E-state index contributed by atoms with van der Waals surface area (Å²) in [4.78, 5) is 0. The van der Waals surface area contributed by atoms with E-state index in [4.69, 9.17) is 0 Å². The van der Waals surface area contributed by atoms with E-state index in [0.717, 1.165) is 6.04 Å². The van der Waals surface area contributed by atoms with Gasteiger partial charge in [-0.2, -0.15) is 0 Å². The molecule has 0 aromatic heterocycles. The number of hydrogen-bond donors (Lipinski definition) is 1. The van der Waals surface area contributed by atoms with Gasteiger partial charge in [-0.25, -0.2) is 0 Å². The minimum Gasteiger partial charge on any atom is -0.313 e. The molecule has 1 N–H and O–H groups in total. The Labute approximate surface area is 69.0 Å². The van der Waals surface area contributed by atoms with Gasteiger partial charge in [0.1, 0.15) is 0 Å². The van der Waals surface area contributed by atoms with Gasteiger partial charge < -0.3 is 5.32 Å². The number of rotatable bonds is 0. The van der Waals surface area contributed by atoms with E-state index in [9.17, 15) is 0 Å².